The van der Waals surface area contributed by atoms with E-state index in [0.717, 1.165) is 22.3 Å². The lowest BCUT2D eigenvalue weighted by Crippen LogP contribution is -2.06. The predicted molar refractivity (Wildman–Crippen MR) is 80.6 cm³/mol. The van der Waals surface area contributed by atoms with E-state index >= 15 is 0 Å². The molecule has 19 heavy (non-hydrogen) atoms. The van der Waals surface area contributed by atoms with E-state index in [9.17, 15) is 0 Å². The van der Waals surface area contributed by atoms with Crippen molar-refractivity contribution in [3.63, 3.8) is 0 Å². The lowest BCUT2D eigenvalue weighted by atomic mass is 10.2. The van der Waals surface area contributed by atoms with Crippen molar-refractivity contribution in [2.24, 2.45) is 0 Å². The first-order valence-corrected chi connectivity index (χ1v) is 7.13. The van der Waals surface area contributed by atoms with Crippen molar-refractivity contribution in [2.45, 2.75) is 19.9 Å². The number of aromatic nitrogens is 2. The third kappa shape index (κ3) is 2.44. The van der Waals surface area contributed by atoms with Gasteiger partial charge in [-0.15, -0.1) is 11.3 Å². The second-order valence-electron chi connectivity index (χ2n) is 4.58. The third-order valence-corrected chi connectivity index (χ3v) is 4.26. The maximum atomic E-state index is 4.46. The summed E-state index contributed by atoms with van der Waals surface area (Å²) in [7, 11) is 0. The molecule has 2 aromatic heterocycles. The lowest BCUT2D eigenvalue weighted by molar-refractivity contribution is 0.889. The zero-order chi connectivity index (χ0) is 13.2. The fourth-order valence-corrected chi connectivity index (χ4v) is 3.00. The molecule has 3 aromatic rings. The number of hydrogen-bond acceptors (Lipinski definition) is 4. The van der Waals surface area contributed by atoms with Gasteiger partial charge in [0.15, 0.2) is 0 Å². The highest BCUT2D eigenvalue weighted by atomic mass is 32.1. The van der Waals surface area contributed by atoms with Crippen LogP contribution in [0.3, 0.4) is 0 Å². The number of para-hydroxylation sites is 1. The molecule has 0 saturated carbocycles. The summed E-state index contributed by atoms with van der Waals surface area (Å²) in [4.78, 5) is 10.0. The van der Waals surface area contributed by atoms with Crippen LogP contribution in [-0.4, -0.2) is 9.97 Å². The summed E-state index contributed by atoms with van der Waals surface area (Å²) in [6.45, 7) is 4.19. The Morgan fingerprint density at radius 3 is 2.84 bits per heavy atom. The number of aryl methyl sites for hydroxylation is 1. The number of hydrogen-bond donors (Lipinski definition) is 1. The van der Waals surface area contributed by atoms with E-state index < -0.39 is 0 Å². The Bertz CT molecular complexity index is 705. The van der Waals surface area contributed by atoms with Crippen LogP contribution in [0.25, 0.3) is 10.9 Å². The molecule has 0 amide bonds. The van der Waals surface area contributed by atoms with Crippen molar-refractivity contribution in [3.8, 4) is 0 Å². The minimum atomic E-state index is 0.246. The van der Waals surface area contributed by atoms with Crippen LogP contribution >= 0.6 is 11.3 Å². The monoisotopic (exact) mass is 269 g/mol. The van der Waals surface area contributed by atoms with E-state index in [2.05, 4.69) is 34.3 Å². The normalized spacial score (nSPS) is 12.5. The second kappa shape index (κ2) is 4.97. The Balaban J connectivity index is 1.87. The molecule has 0 fully saturated rings. The number of benzene rings is 1. The Hall–Kier alpha value is -1.94. The highest BCUT2D eigenvalue weighted by molar-refractivity contribution is 7.09. The van der Waals surface area contributed by atoms with Gasteiger partial charge in [0.2, 0.25) is 0 Å². The second-order valence-corrected chi connectivity index (χ2v) is 5.47. The van der Waals surface area contributed by atoms with Gasteiger partial charge in [-0.3, -0.25) is 4.98 Å². The van der Waals surface area contributed by atoms with Crippen molar-refractivity contribution in [1.82, 2.24) is 9.97 Å². The van der Waals surface area contributed by atoms with Gasteiger partial charge in [-0.2, -0.15) is 0 Å². The summed E-state index contributed by atoms with van der Waals surface area (Å²) in [5.74, 6) is 0. The number of thiazole rings is 1. The van der Waals surface area contributed by atoms with E-state index in [4.69, 9.17) is 0 Å². The highest BCUT2D eigenvalue weighted by Gasteiger charge is 2.11. The Morgan fingerprint density at radius 2 is 2.05 bits per heavy atom. The molecule has 0 aliphatic heterocycles. The van der Waals surface area contributed by atoms with Crippen molar-refractivity contribution >= 4 is 27.9 Å². The quantitative estimate of drug-likeness (QED) is 0.775. The molecule has 1 atom stereocenters. The zero-order valence-electron chi connectivity index (χ0n) is 10.9. The average Bonchev–Trinajstić information content (AvgIpc) is 2.85. The van der Waals surface area contributed by atoms with Crippen LogP contribution in [0.4, 0.5) is 5.69 Å². The number of pyridine rings is 1. The van der Waals surface area contributed by atoms with E-state index in [0.29, 0.717) is 0 Å². The van der Waals surface area contributed by atoms with Gasteiger partial charge < -0.3 is 5.32 Å². The maximum absolute atomic E-state index is 4.46. The van der Waals surface area contributed by atoms with Crippen LogP contribution in [-0.2, 0) is 0 Å². The number of nitrogens with one attached hydrogen (secondary N) is 1. The first kappa shape index (κ1) is 12.1. The molecule has 2 heterocycles. The van der Waals surface area contributed by atoms with E-state index in [1.165, 1.54) is 4.88 Å². The first-order valence-electron chi connectivity index (χ1n) is 6.25. The molecule has 0 spiro atoms. The summed E-state index contributed by atoms with van der Waals surface area (Å²) < 4.78 is 0. The van der Waals surface area contributed by atoms with Gasteiger partial charge in [0.25, 0.3) is 0 Å². The van der Waals surface area contributed by atoms with Gasteiger partial charge in [-0.1, -0.05) is 18.2 Å². The Morgan fingerprint density at radius 1 is 1.21 bits per heavy atom. The third-order valence-electron chi connectivity index (χ3n) is 3.15. The van der Waals surface area contributed by atoms with Crippen molar-refractivity contribution < 1.29 is 0 Å². The van der Waals surface area contributed by atoms with Gasteiger partial charge in [0.05, 0.1) is 34.6 Å². The van der Waals surface area contributed by atoms with Crippen LogP contribution < -0.4 is 5.32 Å². The molecule has 0 saturated heterocycles. The van der Waals surface area contributed by atoms with Gasteiger partial charge in [0, 0.05) is 10.3 Å². The molecule has 0 bridgehead atoms. The van der Waals surface area contributed by atoms with E-state index in [1.807, 2.05) is 36.8 Å². The van der Waals surface area contributed by atoms with E-state index in [-0.39, 0.29) is 6.04 Å². The fraction of sp³-hybridized carbons (Fsp3) is 0.200. The Labute approximate surface area is 116 Å². The smallest absolute Gasteiger partial charge is 0.0798 e. The summed E-state index contributed by atoms with van der Waals surface area (Å²) in [6.07, 6.45) is 1.88. The average molecular weight is 269 g/mol. The Kier molecular flexibility index (Phi) is 3.17. The molecule has 3 nitrogen and oxygen atoms in total. The number of anilines is 1. The maximum Gasteiger partial charge on any atom is 0.0798 e. The number of nitrogens with zero attached hydrogens (tertiary/aromatic N) is 2. The van der Waals surface area contributed by atoms with Gasteiger partial charge in [-0.05, 0) is 26.0 Å². The minimum absolute atomic E-state index is 0.246. The van der Waals surface area contributed by atoms with Gasteiger partial charge >= 0.3 is 0 Å². The van der Waals surface area contributed by atoms with Crippen molar-refractivity contribution in [1.29, 1.82) is 0 Å². The molecule has 4 heteroatoms. The zero-order valence-corrected chi connectivity index (χ0v) is 11.7. The van der Waals surface area contributed by atoms with Crippen LogP contribution in [0.15, 0.2) is 42.0 Å². The highest BCUT2D eigenvalue weighted by Crippen LogP contribution is 2.26. The molecule has 96 valence electrons. The molecular formula is C15H15N3S. The topological polar surface area (TPSA) is 37.8 Å². The van der Waals surface area contributed by atoms with Crippen LogP contribution in [0, 0.1) is 6.92 Å². The van der Waals surface area contributed by atoms with Crippen LogP contribution in [0.2, 0.25) is 0 Å². The minimum Gasteiger partial charge on any atom is -0.376 e. The fourth-order valence-electron chi connectivity index (χ4n) is 2.19. The van der Waals surface area contributed by atoms with Gasteiger partial charge in [0.1, 0.15) is 0 Å². The molecule has 0 aliphatic carbocycles. The lowest BCUT2D eigenvalue weighted by Gasteiger charge is -2.14. The molecular weight excluding hydrogens is 254 g/mol. The number of fused-ring (bicyclic) bond motifs is 1. The molecule has 0 aliphatic rings. The van der Waals surface area contributed by atoms with Crippen molar-refractivity contribution in [3.05, 3.63) is 52.6 Å². The molecule has 1 unspecified atom stereocenters. The molecule has 1 N–H and O–H groups in total. The summed E-state index contributed by atoms with van der Waals surface area (Å²) >= 11 is 1.69. The molecule has 0 radical (unpaired) electrons. The summed E-state index contributed by atoms with van der Waals surface area (Å²) in [5.41, 5.74) is 5.05. The van der Waals surface area contributed by atoms with E-state index in [1.54, 1.807) is 11.3 Å². The number of rotatable bonds is 3. The van der Waals surface area contributed by atoms with Crippen molar-refractivity contribution in [2.75, 3.05) is 5.32 Å². The largest absolute Gasteiger partial charge is 0.376 e. The summed E-state index contributed by atoms with van der Waals surface area (Å²) in [5, 5.41) is 4.64. The SMILES string of the molecule is Cc1ncsc1C(C)Nc1cnc2ccccc2c1. The summed E-state index contributed by atoms with van der Waals surface area (Å²) in [6, 6.07) is 10.5. The first-order chi connectivity index (χ1) is 9.24. The molecule has 3 rings (SSSR count). The predicted octanol–water partition coefficient (Wildman–Crippen LogP) is 4.17. The van der Waals surface area contributed by atoms with Gasteiger partial charge in [-0.25, -0.2) is 4.98 Å². The molecule has 1 aromatic carbocycles. The standard InChI is InChI=1S/C15H15N3S/c1-10-15(19-9-17-10)11(2)18-13-7-12-5-3-4-6-14(12)16-8-13/h3-9,11,18H,1-2H3. The van der Waals surface area contributed by atoms with Crippen LogP contribution in [0.1, 0.15) is 23.5 Å². The van der Waals surface area contributed by atoms with Crippen LogP contribution in [0.5, 0.6) is 0 Å².